The van der Waals surface area contributed by atoms with Gasteiger partial charge in [0.25, 0.3) is 0 Å². The summed E-state index contributed by atoms with van der Waals surface area (Å²) in [7, 11) is 2.16. The van der Waals surface area contributed by atoms with Crippen LogP contribution in [0.4, 0.5) is 5.95 Å². The molecule has 2 heterocycles. The number of hydrogen-bond acceptors (Lipinski definition) is 5. The van der Waals surface area contributed by atoms with Gasteiger partial charge in [0.2, 0.25) is 5.95 Å². The monoisotopic (exact) mass is 337 g/mol. The Morgan fingerprint density at radius 1 is 1.08 bits per heavy atom. The van der Waals surface area contributed by atoms with Gasteiger partial charge in [0.15, 0.2) is 0 Å². The largest absolute Gasteiger partial charge is 0.338 e. The molecule has 1 N–H and O–H groups in total. The minimum atomic E-state index is 0.425. The maximum atomic E-state index is 4.59. The average Bonchev–Trinajstić information content (AvgIpc) is 2.96. The first-order valence-corrected chi connectivity index (χ1v) is 9.26. The van der Waals surface area contributed by atoms with E-state index in [1.807, 2.05) is 12.4 Å². The van der Waals surface area contributed by atoms with Crippen molar-refractivity contribution in [2.75, 3.05) is 38.1 Å². The van der Waals surface area contributed by atoms with E-state index in [0.29, 0.717) is 12.0 Å². The number of piperazine rings is 1. The molecule has 1 aromatic carbocycles. The Hall–Kier alpha value is -1.98. The lowest BCUT2D eigenvalue weighted by Gasteiger charge is -2.32. The molecule has 2 atom stereocenters. The number of nitrogens with zero attached hydrogens (tertiary/aromatic N) is 4. The summed E-state index contributed by atoms with van der Waals surface area (Å²) in [6.07, 6.45) is 5.10. The number of likely N-dealkylation sites (N-methyl/N-ethyl adjacent to an activating group) is 1. The van der Waals surface area contributed by atoms with Crippen molar-refractivity contribution in [3.63, 3.8) is 0 Å². The van der Waals surface area contributed by atoms with Gasteiger partial charge in [-0.2, -0.15) is 0 Å². The first-order valence-electron chi connectivity index (χ1n) is 9.26. The lowest BCUT2D eigenvalue weighted by molar-refractivity contribution is 0.311. The fourth-order valence-corrected chi connectivity index (χ4v) is 3.94. The maximum absolute atomic E-state index is 4.59. The Labute approximate surface area is 150 Å². The zero-order chi connectivity index (χ0) is 17.2. The molecule has 5 heteroatoms. The van der Waals surface area contributed by atoms with E-state index in [1.54, 1.807) is 0 Å². The van der Waals surface area contributed by atoms with Gasteiger partial charge in [-0.1, -0.05) is 31.2 Å². The van der Waals surface area contributed by atoms with Crippen LogP contribution in [0.1, 0.15) is 29.7 Å². The Morgan fingerprint density at radius 3 is 2.56 bits per heavy atom. The van der Waals surface area contributed by atoms with Crippen LogP contribution in [0.15, 0.2) is 36.7 Å². The third kappa shape index (κ3) is 3.53. The SMILES string of the molecule is C[C@@H]1Cc2ccccc2[C@H]1NCc1cnc(N2CCN(C)CC2)nc1. The van der Waals surface area contributed by atoms with Crippen LogP contribution in [0, 0.1) is 5.92 Å². The van der Waals surface area contributed by atoms with Gasteiger partial charge in [-0.05, 0) is 30.5 Å². The number of anilines is 1. The van der Waals surface area contributed by atoms with Crippen LogP contribution in [0.3, 0.4) is 0 Å². The summed E-state index contributed by atoms with van der Waals surface area (Å²) in [5.41, 5.74) is 4.08. The Bertz CT molecular complexity index is 706. The van der Waals surface area contributed by atoms with E-state index in [0.717, 1.165) is 50.7 Å². The second-order valence-electron chi connectivity index (χ2n) is 7.42. The summed E-state index contributed by atoms with van der Waals surface area (Å²) >= 11 is 0. The van der Waals surface area contributed by atoms with Crippen molar-refractivity contribution < 1.29 is 0 Å². The van der Waals surface area contributed by atoms with Gasteiger partial charge < -0.3 is 15.1 Å². The van der Waals surface area contributed by atoms with Crippen LogP contribution in [0.5, 0.6) is 0 Å². The third-order valence-corrected chi connectivity index (χ3v) is 5.50. The molecule has 132 valence electrons. The molecule has 25 heavy (non-hydrogen) atoms. The lowest BCUT2D eigenvalue weighted by Crippen LogP contribution is -2.45. The van der Waals surface area contributed by atoms with Gasteiger partial charge in [-0.3, -0.25) is 0 Å². The van der Waals surface area contributed by atoms with Crippen molar-refractivity contribution in [3.8, 4) is 0 Å². The van der Waals surface area contributed by atoms with Gasteiger partial charge in [0, 0.05) is 56.7 Å². The topological polar surface area (TPSA) is 44.3 Å². The first kappa shape index (κ1) is 16.5. The minimum absolute atomic E-state index is 0.425. The molecule has 2 aromatic rings. The van der Waals surface area contributed by atoms with E-state index in [-0.39, 0.29) is 0 Å². The Kier molecular flexibility index (Phi) is 4.68. The molecule has 1 fully saturated rings. The fraction of sp³-hybridized carbons (Fsp3) is 0.500. The lowest BCUT2D eigenvalue weighted by atomic mass is 10.0. The molecule has 1 aromatic heterocycles. The van der Waals surface area contributed by atoms with E-state index < -0.39 is 0 Å². The molecular weight excluding hydrogens is 310 g/mol. The van der Waals surface area contributed by atoms with Gasteiger partial charge in [-0.15, -0.1) is 0 Å². The summed E-state index contributed by atoms with van der Waals surface area (Å²) < 4.78 is 0. The predicted molar refractivity (Wildman–Crippen MR) is 101 cm³/mol. The Balaban J connectivity index is 1.37. The van der Waals surface area contributed by atoms with E-state index in [2.05, 4.69) is 63.3 Å². The Morgan fingerprint density at radius 2 is 1.80 bits per heavy atom. The van der Waals surface area contributed by atoms with Crippen molar-refractivity contribution in [1.29, 1.82) is 0 Å². The summed E-state index contributed by atoms with van der Waals surface area (Å²) in [6.45, 7) is 7.29. The number of hydrogen-bond donors (Lipinski definition) is 1. The highest BCUT2D eigenvalue weighted by Gasteiger charge is 2.28. The maximum Gasteiger partial charge on any atom is 0.225 e. The summed E-state index contributed by atoms with van der Waals surface area (Å²) in [5.74, 6) is 1.49. The third-order valence-electron chi connectivity index (χ3n) is 5.50. The van der Waals surface area contributed by atoms with Crippen LogP contribution < -0.4 is 10.2 Å². The van der Waals surface area contributed by atoms with Crippen LogP contribution in [-0.4, -0.2) is 48.1 Å². The van der Waals surface area contributed by atoms with Crippen LogP contribution in [0.25, 0.3) is 0 Å². The molecule has 0 spiro atoms. The smallest absolute Gasteiger partial charge is 0.225 e. The van der Waals surface area contributed by atoms with Crippen molar-refractivity contribution in [2.24, 2.45) is 5.92 Å². The average molecular weight is 337 g/mol. The molecule has 4 rings (SSSR count). The highest BCUT2D eigenvalue weighted by atomic mass is 15.3. The van der Waals surface area contributed by atoms with E-state index in [9.17, 15) is 0 Å². The number of rotatable bonds is 4. The zero-order valence-electron chi connectivity index (χ0n) is 15.2. The second-order valence-corrected chi connectivity index (χ2v) is 7.42. The van der Waals surface area contributed by atoms with Crippen LogP contribution >= 0.6 is 0 Å². The summed E-state index contributed by atoms with van der Waals surface area (Å²) in [5, 5.41) is 3.71. The minimum Gasteiger partial charge on any atom is -0.338 e. The molecule has 1 aliphatic heterocycles. The predicted octanol–water partition coefficient (Wildman–Crippen LogP) is 2.25. The summed E-state index contributed by atoms with van der Waals surface area (Å²) in [6, 6.07) is 9.21. The van der Waals surface area contributed by atoms with Crippen molar-refractivity contribution in [3.05, 3.63) is 53.3 Å². The molecule has 0 radical (unpaired) electrons. The standard InChI is InChI=1S/C20H27N5/c1-15-11-17-5-3-4-6-18(17)19(15)21-12-16-13-22-20(23-14-16)25-9-7-24(2)8-10-25/h3-6,13-15,19,21H,7-12H2,1-2H3/t15-,19+/m1/s1. The highest BCUT2D eigenvalue weighted by Crippen LogP contribution is 2.35. The molecule has 5 nitrogen and oxygen atoms in total. The van der Waals surface area contributed by atoms with Gasteiger partial charge in [0.1, 0.15) is 0 Å². The van der Waals surface area contributed by atoms with Crippen LogP contribution in [-0.2, 0) is 13.0 Å². The number of benzene rings is 1. The first-order chi connectivity index (χ1) is 12.2. The molecular formula is C20H27N5. The van der Waals surface area contributed by atoms with E-state index in [1.165, 1.54) is 11.1 Å². The number of fused-ring (bicyclic) bond motifs is 1. The normalized spacial score (nSPS) is 23.7. The van der Waals surface area contributed by atoms with Gasteiger partial charge in [0.05, 0.1) is 0 Å². The van der Waals surface area contributed by atoms with Crippen LogP contribution in [0.2, 0.25) is 0 Å². The number of nitrogens with one attached hydrogen (secondary N) is 1. The van der Waals surface area contributed by atoms with E-state index >= 15 is 0 Å². The van der Waals surface area contributed by atoms with Crippen molar-refractivity contribution in [2.45, 2.75) is 25.9 Å². The molecule has 0 saturated carbocycles. The van der Waals surface area contributed by atoms with Crippen molar-refractivity contribution in [1.82, 2.24) is 20.2 Å². The highest BCUT2D eigenvalue weighted by molar-refractivity contribution is 5.36. The fourth-order valence-electron chi connectivity index (χ4n) is 3.94. The van der Waals surface area contributed by atoms with Gasteiger partial charge in [-0.25, -0.2) is 9.97 Å². The molecule has 0 amide bonds. The molecule has 1 saturated heterocycles. The number of aromatic nitrogens is 2. The van der Waals surface area contributed by atoms with Crippen molar-refractivity contribution >= 4 is 5.95 Å². The molecule has 0 unspecified atom stereocenters. The van der Waals surface area contributed by atoms with E-state index in [4.69, 9.17) is 0 Å². The quantitative estimate of drug-likeness (QED) is 0.927. The summed E-state index contributed by atoms with van der Waals surface area (Å²) in [4.78, 5) is 13.8. The second kappa shape index (κ2) is 7.10. The van der Waals surface area contributed by atoms with Gasteiger partial charge >= 0.3 is 0 Å². The molecule has 2 aliphatic rings. The molecule has 1 aliphatic carbocycles. The molecule has 0 bridgehead atoms. The zero-order valence-corrected chi connectivity index (χ0v) is 15.2.